The average molecular weight is 418 g/mol. The van der Waals surface area contributed by atoms with Crippen LogP contribution < -0.4 is 10.6 Å². The molecule has 2 N–H and O–H groups in total. The number of rotatable bonds is 4. The molecule has 3 aliphatic heterocycles. The lowest BCUT2D eigenvalue weighted by molar-refractivity contribution is 0.0154. The maximum atomic E-state index is 4.31. The van der Waals surface area contributed by atoms with Crippen molar-refractivity contribution >= 4 is 29.9 Å². The maximum Gasteiger partial charge on any atom is 0.191 e. The maximum absolute atomic E-state index is 4.31. The van der Waals surface area contributed by atoms with Gasteiger partial charge >= 0.3 is 0 Å². The third-order valence-electron chi connectivity index (χ3n) is 4.47. The van der Waals surface area contributed by atoms with Crippen molar-refractivity contribution in [2.75, 3.05) is 46.3 Å². The first-order valence-corrected chi connectivity index (χ1v) is 7.76. The first-order chi connectivity index (χ1) is 10.2. The summed E-state index contributed by atoms with van der Waals surface area (Å²) in [7, 11) is 3.87. The predicted molar refractivity (Wildman–Crippen MR) is 101 cm³/mol. The van der Waals surface area contributed by atoms with Crippen molar-refractivity contribution in [3.05, 3.63) is 24.0 Å². The molecule has 4 heterocycles. The molecule has 124 valence electrons. The van der Waals surface area contributed by atoms with Crippen LogP contribution in [0, 0.1) is 0 Å². The van der Waals surface area contributed by atoms with E-state index in [2.05, 4.69) is 48.5 Å². The van der Waals surface area contributed by atoms with Gasteiger partial charge in [-0.05, 0) is 11.6 Å². The summed E-state index contributed by atoms with van der Waals surface area (Å²) in [5.74, 6) is 0.886. The molecule has 0 amide bonds. The number of fused-ring (bicyclic) bond motifs is 3. The molecule has 3 aliphatic rings. The molecule has 0 spiro atoms. The molecule has 22 heavy (non-hydrogen) atoms. The second-order valence-corrected chi connectivity index (χ2v) is 5.98. The van der Waals surface area contributed by atoms with Gasteiger partial charge in [0.05, 0.1) is 0 Å². The Hall–Kier alpha value is -0.800. The van der Waals surface area contributed by atoms with E-state index in [9.17, 15) is 0 Å². The number of aromatic nitrogens is 1. The highest BCUT2D eigenvalue weighted by Crippen LogP contribution is 2.14. The highest BCUT2D eigenvalue weighted by Gasteiger charge is 2.31. The number of nitrogens with zero attached hydrogens (tertiary/aromatic N) is 4. The van der Waals surface area contributed by atoms with Gasteiger partial charge in [-0.2, -0.15) is 0 Å². The van der Waals surface area contributed by atoms with Crippen molar-refractivity contribution in [3.8, 4) is 0 Å². The van der Waals surface area contributed by atoms with Gasteiger partial charge in [-0.1, -0.05) is 0 Å². The molecular weight excluding hydrogens is 391 g/mol. The molecule has 1 aromatic rings. The third kappa shape index (κ3) is 4.36. The van der Waals surface area contributed by atoms with Gasteiger partial charge in [-0.15, -0.1) is 24.0 Å². The topological polar surface area (TPSA) is 47.8 Å². The molecule has 0 aromatic carbocycles. The Bertz CT molecular complexity index is 492. The van der Waals surface area contributed by atoms with Crippen LogP contribution in [0.15, 0.2) is 23.5 Å². The summed E-state index contributed by atoms with van der Waals surface area (Å²) >= 11 is 0. The Morgan fingerprint density at radius 2 is 2.05 bits per heavy atom. The summed E-state index contributed by atoms with van der Waals surface area (Å²) < 4.78 is 2.06. The van der Waals surface area contributed by atoms with Crippen molar-refractivity contribution in [2.24, 2.45) is 12.0 Å². The van der Waals surface area contributed by atoms with Gasteiger partial charge < -0.3 is 15.2 Å². The average Bonchev–Trinajstić information content (AvgIpc) is 2.94. The molecule has 3 fully saturated rings. The Balaban J connectivity index is 0.00000176. The largest absolute Gasteiger partial charge is 0.357 e. The molecule has 4 rings (SSSR count). The Kier molecular flexibility index (Phi) is 6.51. The van der Waals surface area contributed by atoms with Gasteiger partial charge in [0, 0.05) is 78.3 Å². The smallest absolute Gasteiger partial charge is 0.191 e. The summed E-state index contributed by atoms with van der Waals surface area (Å²) in [6, 6.07) is 2.74. The fourth-order valence-corrected chi connectivity index (χ4v) is 3.20. The zero-order valence-electron chi connectivity index (χ0n) is 13.5. The summed E-state index contributed by atoms with van der Waals surface area (Å²) in [6.07, 6.45) is 4.19. The van der Waals surface area contributed by atoms with E-state index in [1.807, 2.05) is 14.1 Å². The van der Waals surface area contributed by atoms with Gasteiger partial charge in [0.25, 0.3) is 0 Å². The van der Waals surface area contributed by atoms with Crippen LogP contribution in [0.25, 0.3) is 0 Å². The van der Waals surface area contributed by atoms with Gasteiger partial charge in [-0.3, -0.25) is 14.8 Å². The number of halogens is 1. The third-order valence-corrected chi connectivity index (χ3v) is 4.47. The highest BCUT2D eigenvalue weighted by molar-refractivity contribution is 14.0. The molecule has 0 aliphatic carbocycles. The molecule has 0 radical (unpaired) electrons. The number of nitrogens with one attached hydrogen (secondary N) is 2. The molecule has 6 nitrogen and oxygen atoms in total. The lowest BCUT2D eigenvalue weighted by atomic mass is 10.1. The normalized spacial score (nSPS) is 27.4. The number of aryl methyl sites for hydroxylation is 1. The number of hydrogen-bond donors (Lipinski definition) is 2. The van der Waals surface area contributed by atoms with Crippen LogP contribution in [0.3, 0.4) is 0 Å². The second-order valence-electron chi connectivity index (χ2n) is 5.98. The standard InChI is InChI=1S/C15H26N6.HI/c1-16-15(17-9-13-3-4-19(2)11-13)18-10-14-12-20-5-7-21(14)8-6-20;/h3-4,11,14H,5-10,12H2,1-2H3,(H2,16,17,18);1H. The molecule has 1 atom stereocenters. The van der Waals surface area contributed by atoms with Crippen LogP contribution in [0.4, 0.5) is 0 Å². The minimum absolute atomic E-state index is 0. The van der Waals surface area contributed by atoms with E-state index in [1.165, 1.54) is 38.3 Å². The van der Waals surface area contributed by atoms with E-state index in [4.69, 9.17) is 0 Å². The van der Waals surface area contributed by atoms with E-state index in [-0.39, 0.29) is 24.0 Å². The molecule has 3 saturated heterocycles. The lowest BCUT2D eigenvalue weighted by Crippen LogP contribution is -2.63. The fourth-order valence-electron chi connectivity index (χ4n) is 3.20. The van der Waals surface area contributed by atoms with Crippen molar-refractivity contribution < 1.29 is 0 Å². The van der Waals surface area contributed by atoms with Gasteiger partial charge in [-0.25, -0.2) is 0 Å². The van der Waals surface area contributed by atoms with E-state index in [0.717, 1.165) is 19.0 Å². The van der Waals surface area contributed by atoms with Gasteiger partial charge in [0.15, 0.2) is 5.96 Å². The summed E-state index contributed by atoms with van der Waals surface area (Å²) in [4.78, 5) is 9.47. The van der Waals surface area contributed by atoms with Crippen LogP contribution in [-0.4, -0.2) is 72.7 Å². The molecule has 1 unspecified atom stereocenters. The van der Waals surface area contributed by atoms with Crippen LogP contribution in [0.5, 0.6) is 0 Å². The number of hydrogen-bond acceptors (Lipinski definition) is 3. The van der Waals surface area contributed by atoms with Gasteiger partial charge in [0.1, 0.15) is 0 Å². The zero-order valence-corrected chi connectivity index (χ0v) is 15.8. The van der Waals surface area contributed by atoms with E-state index in [1.54, 1.807) is 0 Å². The van der Waals surface area contributed by atoms with Crippen molar-refractivity contribution in [1.29, 1.82) is 0 Å². The summed E-state index contributed by atoms with van der Waals surface area (Å²) in [5, 5.41) is 6.84. The molecule has 2 bridgehead atoms. The number of aliphatic imine (C=N–C) groups is 1. The quantitative estimate of drug-likeness (QED) is 0.420. The van der Waals surface area contributed by atoms with Gasteiger partial charge in [0.2, 0.25) is 0 Å². The molecule has 1 aromatic heterocycles. The Labute approximate surface area is 150 Å². The van der Waals surface area contributed by atoms with Crippen molar-refractivity contribution in [2.45, 2.75) is 12.6 Å². The zero-order chi connectivity index (χ0) is 14.7. The number of guanidine groups is 1. The van der Waals surface area contributed by atoms with Crippen LogP contribution >= 0.6 is 24.0 Å². The predicted octanol–water partition coefficient (Wildman–Crippen LogP) is 0.308. The van der Waals surface area contributed by atoms with Crippen molar-refractivity contribution in [3.63, 3.8) is 0 Å². The fraction of sp³-hybridized carbons (Fsp3) is 0.667. The first-order valence-electron chi connectivity index (χ1n) is 7.76. The van der Waals surface area contributed by atoms with Crippen LogP contribution in [0.1, 0.15) is 5.56 Å². The SMILES string of the molecule is CN=C(NCc1ccn(C)c1)NCC1CN2CCN1CC2.I. The summed E-state index contributed by atoms with van der Waals surface area (Å²) in [5.41, 5.74) is 1.27. The molecule has 7 heteroatoms. The summed E-state index contributed by atoms with van der Waals surface area (Å²) in [6.45, 7) is 7.84. The highest BCUT2D eigenvalue weighted by atomic mass is 127. The Morgan fingerprint density at radius 3 is 2.59 bits per heavy atom. The minimum atomic E-state index is 0. The first kappa shape index (κ1) is 17.6. The molecular formula is C15H27IN6. The lowest BCUT2D eigenvalue weighted by Gasteiger charge is -2.47. The second kappa shape index (κ2) is 8.16. The van der Waals surface area contributed by atoms with E-state index >= 15 is 0 Å². The molecule has 0 saturated carbocycles. The minimum Gasteiger partial charge on any atom is -0.357 e. The van der Waals surface area contributed by atoms with E-state index in [0.29, 0.717) is 6.04 Å². The van der Waals surface area contributed by atoms with Crippen molar-refractivity contribution in [1.82, 2.24) is 25.0 Å². The number of piperazine rings is 3. The van der Waals surface area contributed by atoms with Crippen LogP contribution in [-0.2, 0) is 13.6 Å². The van der Waals surface area contributed by atoms with Crippen LogP contribution in [0.2, 0.25) is 0 Å². The van der Waals surface area contributed by atoms with E-state index < -0.39 is 0 Å². The Morgan fingerprint density at radius 1 is 1.27 bits per heavy atom. The monoisotopic (exact) mass is 418 g/mol.